The average Bonchev–Trinajstić information content (AvgIpc) is 2.46. The Labute approximate surface area is 128 Å². The summed E-state index contributed by atoms with van der Waals surface area (Å²) in [5.41, 5.74) is 1.11. The van der Waals surface area contributed by atoms with Gasteiger partial charge in [0.25, 0.3) is 0 Å². The minimum atomic E-state index is -1.12. The molecule has 0 spiro atoms. The molecule has 0 saturated heterocycles. The summed E-state index contributed by atoms with van der Waals surface area (Å²) in [6, 6.07) is 9.72. The summed E-state index contributed by atoms with van der Waals surface area (Å²) in [5, 5.41) is 9.06. The van der Waals surface area contributed by atoms with E-state index in [-0.39, 0.29) is 5.75 Å². The molecule has 20 heavy (non-hydrogen) atoms. The summed E-state index contributed by atoms with van der Waals surface area (Å²) in [6.45, 7) is 1.66. The van der Waals surface area contributed by atoms with Crippen LogP contribution in [0.2, 0.25) is 0 Å². The van der Waals surface area contributed by atoms with Crippen molar-refractivity contribution in [3.8, 4) is 0 Å². The highest BCUT2D eigenvalue weighted by Gasteiger charge is 2.24. The van der Waals surface area contributed by atoms with E-state index in [2.05, 4.69) is 12.6 Å². The number of thiol groups is 1. The second-order valence-electron chi connectivity index (χ2n) is 4.35. The molecule has 0 bridgehead atoms. The van der Waals surface area contributed by atoms with Gasteiger partial charge in [0.05, 0.1) is 5.92 Å². The molecule has 1 rings (SSSR count). The zero-order valence-corrected chi connectivity index (χ0v) is 12.9. The third kappa shape index (κ3) is 5.88. The van der Waals surface area contributed by atoms with Crippen LogP contribution in [0, 0.1) is 5.92 Å². The van der Waals surface area contributed by atoms with Crippen molar-refractivity contribution in [1.29, 1.82) is 0 Å². The van der Waals surface area contributed by atoms with Crippen LogP contribution in [-0.4, -0.2) is 34.7 Å². The van der Waals surface area contributed by atoms with E-state index >= 15 is 0 Å². The molecule has 1 aromatic rings. The van der Waals surface area contributed by atoms with E-state index in [0.717, 1.165) is 5.56 Å². The predicted octanol–water partition coefficient (Wildman–Crippen LogP) is 2.48. The number of ether oxygens (including phenoxy) is 1. The topological polar surface area (TPSA) is 63.6 Å². The maximum absolute atomic E-state index is 11.6. The first-order chi connectivity index (χ1) is 9.54. The fourth-order valence-electron chi connectivity index (χ4n) is 1.34. The van der Waals surface area contributed by atoms with Crippen LogP contribution in [0.1, 0.15) is 12.5 Å². The van der Waals surface area contributed by atoms with Crippen LogP contribution in [0.5, 0.6) is 0 Å². The lowest BCUT2D eigenvalue weighted by Crippen LogP contribution is -2.32. The first-order valence-electron chi connectivity index (χ1n) is 6.20. The van der Waals surface area contributed by atoms with Crippen molar-refractivity contribution in [3.05, 3.63) is 35.9 Å². The number of benzene rings is 1. The number of carbonyl (C=O) groups is 2. The van der Waals surface area contributed by atoms with E-state index in [0.29, 0.717) is 11.5 Å². The quantitative estimate of drug-likeness (QED) is 0.570. The summed E-state index contributed by atoms with van der Waals surface area (Å²) in [7, 11) is 0. The Bertz CT molecular complexity index is 436. The Balaban J connectivity index is 2.43. The van der Waals surface area contributed by atoms with Crippen LogP contribution in [0.3, 0.4) is 0 Å². The first-order valence-corrected chi connectivity index (χ1v) is 7.99. The molecule has 0 aliphatic carbocycles. The maximum Gasteiger partial charge on any atom is 0.345 e. The molecular formula is C14H18O4S2. The van der Waals surface area contributed by atoms with Gasteiger partial charge in [0.15, 0.2) is 0 Å². The molecule has 0 fully saturated rings. The third-order valence-corrected chi connectivity index (χ3v) is 4.21. The van der Waals surface area contributed by atoms with Gasteiger partial charge in [0.2, 0.25) is 6.10 Å². The summed E-state index contributed by atoms with van der Waals surface area (Å²) in [4.78, 5) is 22.7. The number of esters is 1. The molecule has 0 aliphatic rings. The molecule has 0 aromatic heterocycles. The summed E-state index contributed by atoms with van der Waals surface area (Å²) < 4.78 is 4.99. The third-order valence-electron chi connectivity index (χ3n) is 2.59. The van der Waals surface area contributed by atoms with Crippen LogP contribution in [0.15, 0.2) is 30.3 Å². The lowest BCUT2D eigenvalue weighted by Gasteiger charge is -2.15. The number of aliphatic carboxylic acids is 1. The standard InChI is InChI=1S/C14H18O4S2/c1-10(7-19)14(17)18-12(13(15)16)9-20-8-11-5-3-2-4-6-11/h2-6,10,12,19H,7-9H2,1H3,(H,15,16)/t10-,12?/m0/s1. The summed E-state index contributed by atoms with van der Waals surface area (Å²) in [6.07, 6.45) is -1.11. The molecule has 0 radical (unpaired) electrons. The van der Waals surface area contributed by atoms with Gasteiger partial charge in [-0.25, -0.2) is 4.79 Å². The molecule has 0 saturated carbocycles. The number of carbonyl (C=O) groups excluding carboxylic acids is 1. The Kier molecular flexibility index (Phi) is 7.54. The zero-order chi connectivity index (χ0) is 15.0. The second kappa shape index (κ2) is 8.92. The minimum absolute atomic E-state index is 0.231. The van der Waals surface area contributed by atoms with Gasteiger partial charge in [-0.1, -0.05) is 37.3 Å². The fraction of sp³-hybridized carbons (Fsp3) is 0.429. The van der Waals surface area contributed by atoms with E-state index in [9.17, 15) is 9.59 Å². The summed E-state index contributed by atoms with van der Waals surface area (Å²) in [5.74, 6) is -0.792. The first kappa shape index (κ1) is 16.9. The lowest BCUT2D eigenvalue weighted by atomic mass is 10.2. The number of hydrogen-bond donors (Lipinski definition) is 2. The molecule has 4 nitrogen and oxygen atoms in total. The van der Waals surface area contributed by atoms with Crippen molar-refractivity contribution >= 4 is 36.3 Å². The SMILES string of the molecule is C[C@@H](CS)C(=O)OC(CSCc1ccccc1)C(=O)O. The van der Waals surface area contributed by atoms with Gasteiger partial charge in [0, 0.05) is 17.3 Å². The van der Waals surface area contributed by atoms with Gasteiger partial charge in [-0.05, 0) is 5.56 Å². The van der Waals surface area contributed by atoms with Crippen LogP contribution in [0.4, 0.5) is 0 Å². The number of carboxylic acids is 1. The van der Waals surface area contributed by atoms with Crippen molar-refractivity contribution in [2.24, 2.45) is 5.92 Å². The van der Waals surface area contributed by atoms with Gasteiger partial charge in [-0.3, -0.25) is 4.79 Å². The fourth-order valence-corrected chi connectivity index (χ4v) is 2.46. The van der Waals surface area contributed by atoms with Crippen molar-refractivity contribution < 1.29 is 19.4 Å². The van der Waals surface area contributed by atoms with Gasteiger partial charge >= 0.3 is 11.9 Å². The normalized spacial score (nSPS) is 13.5. The lowest BCUT2D eigenvalue weighted by molar-refractivity contribution is -0.164. The molecule has 1 aromatic carbocycles. The number of hydrogen-bond acceptors (Lipinski definition) is 5. The molecule has 110 valence electrons. The van der Waals surface area contributed by atoms with Gasteiger partial charge < -0.3 is 9.84 Å². The van der Waals surface area contributed by atoms with E-state index in [4.69, 9.17) is 9.84 Å². The van der Waals surface area contributed by atoms with E-state index in [1.165, 1.54) is 11.8 Å². The van der Waals surface area contributed by atoms with Crippen molar-refractivity contribution in [3.63, 3.8) is 0 Å². The molecule has 6 heteroatoms. The van der Waals surface area contributed by atoms with E-state index < -0.39 is 24.0 Å². The zero-order valence-electron chi connectivity index (χ0n) is 11.2. The molecule has 1 unspecified atom stereocenters. The molecule has 0 heterocycles. The van der Waals surface area contributed by atoms with Crippen LogP contribution < -0.4 is 0 Å². The van der Waals surface area contributed by atoms with Crippen molar-refractivity contribution in [2.45, 2.75) is 18.8 Å². The monoisotopic (exact) mass is 314 g/mol. The average molecular weight is 314 g/mol. The second-order valence-corrected chi connectivity index (χ2v) is 5.74. The Hall–Kier alpha value is -1.14. The predicted molar refractivity (Wildman–Crippen MR) is 83.1 cm³/mol. The maximum atomic E-state index is 11.6. The highest BCUT2D eigenvalue weighted by molar-refractivity contribution is 7.98. The summed E-state index contributed by atoms with van der Waals surface area (Å²) >= 11 is 5.42. The van der Waals surface area contributed by atoms with Gasteiger partial charge in [-0.15, -0.1) is 0 Å². The minimum Gasteiger partial charge on any atom is -0.478 e. The molecule has 1 N–H and O–H groups in total. The molecule has 2 atom stereocenters. The van der Waals surface area contributed by atoms with Gasteiger partial charge in [0.1, 0.15) is 0 Å². The Morgan fingerprint density at radius 1 is 1.35 bits per heavy atom. The number of thioether (sulfide) groups is 1. The molecule has 0 aliphatic heterocycles. The number of carboxylic acid groups (broad SMARTS) is 1. The molecular weight excluding hydrogens is 296 g/mol. The van der Waals surface area contributed by atoms with Gasteiger partial charge in [-0.2, -0.15) is 24.4 Å². The Morgan fingerprint density at radius 2 is 2.00 bits per heavy atom. The van der Waals surface area contributed by atoms with Crippen LogP contribution in [-0.2, 0) is 20.1 Å². The highest BCUT2D eigenvalue weighted by atomic mass is 32.2. The Morgan fingerprint density at radius 3 is 2.55 bits per heavy atom. The van der Waals surface area contributed by atoms with Crippen molar-refractivity contribution in [2.75, 3.05) is 11.5 Å². The van der Waals surface area contributed by atoms with Crippen LogP contribution in [0.25, 0.3) is 0 Å². The van der Waals surface area contributed by atoms with Crippen molar-refractivity contribution in [1.82, 2.24) is 0 Å². The number of rotatable bonds is 8. The van der Waals surface area contributed by atoms with E-state index in [1.54, 1.807) is 6.92 Å². The smallest absolute Gasteiger partial charge is 0.345 e. The largest absolute Gasteiger partial charge is 0.478 e. The molecule has 0 amide bonds. The van der Waals surface area contributed by atoms with E-state index in [1.807, 2.05) is 30.3 Å². The highest BCUT2D eigenvalue weighted by Crippen LogP contribution is 2.15. The van der Waals surface area contributed by atoms with Crippen LogP contribution >= 0.6 is 24.4 Å².